The largest absolute Gasteiger partial charge is 0.348 e. The Kier molecular flexibility index (Phi) is 5.27. The van der Waals surface area contributed by atoms with E-state index in [9.17, 15) is 4.79 Å². The lowest BCUT2D eigenvalue weighted by molar-refractivity contribution is 0.0950. The molecule has 7 nitrogen and oxygen atoms in total. The van der Waals surface area contributed by atoms with Crippen LogP contribution in [-0.2, 0) is 19.4 Å². The van der Waals surface area contributed by atoms with Gasteiger partial charge in [0.1, 0.15) is 0 Å². The van der Waals surface area contributed by atoms with Gasteiger partial charge in [-0.3, -0.25) is 9.78 Å². The Morgan fingerprint density at radius 3 is 2.70 bits per heavy atom. The highest BCUT2D eigenvalue weighted by atomic mass is 16.1. The van der Waals surface area contributed by atoms with Crippen molar-refractivity contribution in [2.45, 2.75) is 44.6 Å². The first-order valence-electron chi connectivity index (χ1n) is 12.9. The van der Waals surface area contributed by atoms with Gasteiger partial charge >= 0.3 is 0 Å². The molecule has 0 bridgehead atoms. The van der Waals surface area contributed by atoms with Gasteiger partial charge in [-0.1, -0.05) is 42.5 Å². The number of para-hydroxylation sites is 1. The van der Waals surface area contributed by atoms with E-state index in [0.717, 1.165) is 65.5 Å². The van der Waals surface area contributed by atoms with Crippen LogP contribution in [0.25, 0.3) is 28.1 Å². The third-order valence-electron chi connectivity index (χ3n) is 7.32. The van der Waals surface area contributed by atoms with E-state index in [1.54, 1.807) is 10.9 Å². The molecule has 182 valence electrons. The summed E-state index contributed by atoms with van der Waals surface area (Å²) in [6, 6.07) is 18.5. The summed E-state index contributed by atoms with van der Waals surface area (Å²) < 4.78 is 1.78. The standard InChI is InChI=1S/C30H26N6O/c37-29(32-16-19-14-22-7-2-4-11-26(22)31-15-19)25-18-34-36(28(25)21-12-13-21)30-33-17-23-9-5-8-20-6-1-3-10-24(20)27(23)35-30/h1-4,6-7,10-11,14-15,17-18,21H,5,8-9,12-13,16H2,(H,32,37). The molecule has 2 aromatic carbocycles. The Balaban J connectivity index is 1.20. The number of nitrogens with zero attached hydrogens (tertiary/aromatic N) is 5. The lowest BCUT2D eigenvalue weighted by atomic mass is 10.0. The van der Waals surface area contributed by atoms with Crippen molar-refractivity contribution in [2.75, 3.05) is 0 Å². The van der Waals surface area contributed by atoms with E-state index < -0.39 is 0 Å². The van der Waals surface area contributed by atoms with Crippen molar-refractivity contribution in [3.63, 3.8) is 0 Å². The molecule has 3 aromatic heterocycles. The number of carbonyl (C=O) groups is 1. The molecule has 1 saturated carbocycles. The molecular weight excluding hydrogens is 460 g/mol. The number of aryl methyl sites for hydroxylation is 2. The Morgan fingerprint density at radius 1 is 0.946 bits per heavy atom. The second-order valence-corrected chi connectivity index (χ2v) is 9.90. The van der Waals surface area contributed by atoms with E-state index in [0.29, 0.717) is 24.0 Å². The van der Waals surface area contributed by atoms with Gasteiger partial charge in [0, 0.05) is 35.8 Å². The molecule has 2 aliphatic rings. The molecule has 0 spiro atoms. The molecule has 1 N–H and O–H groups in total. The number of hydrogen-bond acceptors (Lipinski definition) is 5. The van der Waals surface area contributed by atoms with Crippen LogP contribution in [0.5, 0.6) is 0 Å². The van der Waals surface area contributed by atoms with E-state index in [-0.39, 0.29) is 5.91 Å². The second-order valence-electron chi connectivity index (χ2n) is 9.90. The zero-order chi connectivity index (χ0) is 24.8. The molecule has 1 amide bonds. The van der Waals surface area contributed by atoms with Gasteiger partial charge in [-0.2, -0.15) is 5.10 Å². The Morgan fingerprint density at radius 2 is 1.78 bits per heavy atom. The number of rotatable bonds is 5. The minimum absolute atomic E-state index is 0.138. The van der Waals surface area contributed by atoms with Gasteiger partial charge < -0.3 is 5.32 Å². The van der Waals surface area contributed by atoms with Gasteiger partial charge in [0.2, 0.25) is 0 Å². The summed E-state index contributed by atoms with van der Waals surface area (Å²) in [4.78, 5) is 27.5. The zero-order valence-corrected chi connectivity index (χ0v) is 20.4. The normalized spacial score (nSPS) is 14.6. The molecule has 0 atom stereocenters. The van der Waals surface area contributed by atoms with Crippen molar-refractivity contribution >= 4 is 16.8 Å². The van der Waals surface area contributed by atoms with Crippen molar-refractivity contribution in [2.24, 2.45) is 0 Å². The number of benzene rings is 2. The Bertz CT molecular complexity index is 1650. The quantitative estimate of drug-likeness (QED) is 0.370. The fourth-order valence-corrected chi connectivity index (χ4v) is 5.29. The molecular formula is C30H26N6O. The highest BCUT2D eigenvalue weighted by molar-refractivity contribution is 5.95. The SMILES string of the molecule is O=C(NCc1cnc2ccccc2c1)c1cnn(-c2ncc3c(n2)-c2ccccc2CCC3)c1C1CC1. The van der Waals surface area contributed by atoms with Crippen LogP contribution in [0.2, 0.25) is 0 Å². The molecule has 37 heavy (non-hydrogen) atoms. The molecule has 5 aromatic rings. The monoisotopic (exact) mass is 486 g/mol. The van der Waals surface area contributed by atoms with E-state index in [1.807, 2.05) is 36.7 Å². The van der Waals surface area contributed by atoms with E-state index >= 15 is 0 Å². The fourth-order valence-electron chi connectivity index (χ4n) is 5.29. The number of nitrogens with one attached hydrogen (secondary N) is 1. The number of fused-ring (bicyclic) bond motifs is 4. The number of amides is 1. The number of aromatic nitrogens is 5. The molecule has 1 fully saturated rings. The summed E-state index contributed by atoms with van der Waals surface area (Å²) in [5.74, 6) is 0.678. The van der Waals surface area contributed by atoms with Gasteiger partial charge in [-0.15, -0.1) is 0 Å². The average molecular weight is 487 g/mol. The lowest BCUT2D eigenvalue weighted by Crippen LogP contribution is -2.24. The molecule has 0 unspecified atom stereocenters. The lowest BCUT2D eigenvalue weighted by Gasteiger charge is -2.12. The molecule has 0 aliphatic heterocycles. The molecule has 7 heteroatoms. The van der Waals surface area contributed by atoms with Gasteiger partial charge in [-0.25, -0.2) is 14.6 Å². The van der Waals surface area contributed by atoms with E-state index in [1.165, 1.54) is 11.1 Å². The minimum atomic E-state index is -0.138. The molecule has 0 saturated heterocycles. The van der Waals surface area contributed by atoms with Crippen LogP contribution in [0.4, 0.5) is 0 Å². The first kappa shape index (κ1) is 21.9. The summed E-state index contributed by atoms with van der Waals surface area (Å²) in [5.41, 5.74) is 8.02. The van der Waals surface area contributed by atoms with Gasteiger partial charge in [0.05, 0.1) is 28.7 Å². The van der Waals surface area contributed by atoms with Crippen LogP contribution in [0.15, 0.2) is 73.2 Å². The molecule has 2 aliphatic carbocycles. The Hall–Kier alpha value is -4.39. The van der Waals surface area contributed by atoms with Crippen LogP contribution in [0, 0.1) is 0 Å². The molecule has 3 heterocycles. The van der Waals surface area contributed by atoms with E-state index in [2.05, 4.69) is 45.7 Å². The topological polar surface area (TPSA) is 85.6 Å². The first-order valence-corrected chi connectivity index (χ1v) is 12.9. The zero-order valence-electron chi connectivity index (χ0n) is 20.4. The highest BCUT2D eigenvalue weighted by Crippen LogP contribution is 2.42. The van der Waals surface area contributed by atoms with Crippen LogP contribution in [-0.4, -0.2) is 30.6 Å². The van der Waals surface area contributed by atoms with Crippen molar-refractivity contribution < 1.29 is 4.79 Å². The number of carbonyl (C=O) groups excluding carboxylic acids is 1. The number of hydrogen-bond donors (Lipinski definition) is 1. The summed E-state index contributed by atoms with van der Waals surface area (Å²) in [5, 5.41) is 8.74. The van der Waals surface area contributed by atoms with Gasteiger partial charge in [-0.05, 0) is 60.9 Å². The van der Waals surface area contributed by atoms with Crippen LogP contribution < -0.4 is 5.32 Å². The average Bonchev–Trinajstić information content (AvgIpc) is 3.72. The Labute approximate surface area is 214 Å². The summed E-state index contributed by atoms with van der Waals surface area (Å²) >= 11 is 0. The first-order chi connectivity index (χ1) is 18.2. The van der Waals surface area contributed by atoms with Crippen LogP contribution in [0.1, 0.15) is 57.9 Å². The van der Waals surface area contributed by atoms with Gasteiger partial charge in [0.15, 0.2) is 0 Å². The van der Waals surface area contributed by atoms with Crippen molar-refractivity contribution in [1.29, 1.82) is 0 Å². The molecule has 7 rings (SSSR count). The van der Waals surface area contributed by atoms with E-state index in [4.69, 9.17) is 9.97 Å². The third-order valence-corrected chi connectivity index (χ3v) is 7.32. The summed E-state index contributed by atoms with van der Waals surface area (Å²) in [6.07, 6.45) is 10.6. The summed E-state index contributed by atoms with van der Waals surface area (Å²) in [6.45, 7) is 0.401. The van der Waals surface area contributed by atoms with Crippen molar-refractivity contribution in [3.8, 4) is 17.2 Å². The predicted octanol–water partition coefficient (Wildman–Crippen LogP) is 5.17. The van der Waals surface area contributed by atoms with Crippen molar-refractivity contribution in [1.82, 2.24) is 30.0 Å². The minimum Gasteiger partial charge on any atom is -0.348 e. The highest BCUT2D eigenvalue weighted by Gasteiger charge is 2.34. The number of pyridine rings is 1. The maximum Gasteiger partial charge on any atom is 0.255 e. The fraction of sp³-hybridized carbons (Fsp3) is 0.233. The summed E-state index contributed by atoms with van der Waals surface area (Å²) in [7, 11) is 0. The predicted molar refractivity (Wildman–Crippen MR) is 142 cm³/mol. The second kappa shape index (κ2) is 8.92. The van der Waals surface area contributed by atoms with Gasteiger partial charge in [0.25, 0.3) is 11.9 Å². The smallest absolute Gasteiger partial charge is 0.255 e. The van der Waals surface area contributed by atoms with Crippen LogP contribution in [0.3, 0.4) is 0 Å². The third kappa shape index (κ3) is 4.06. The van der Waals surface area contributed by atoms with Crippen molar-refractivity contribution in [3.05, 3.63) is 101 Å². The maximum absolute atomic E-state index is 13.3. The van der Waals surface area contributed by atoms with Crippen LogP contribution >= 0.6 is 0 Å². The molecule has 0 radical (unpaired) electrons. The maximum atomic E-state index is 13.3.